The molecule has 2 fully saturated rings. The minimum atomic E-state index is -0.875. The lowest BCUT2D eigenvalue weighted by Gasteiger charge is -2.34. The average Bonchev–Trinajstić information content (AvgIpc) is 3.53. The minimum absolute atomic E-state index is 0.343. The lowest BCUT2D eigenvalue weighted by atomic mass is 10.1. The van der Waals surface area contributed by atoms with Crippen molar-refractivity contribution in [1.82, 2.24) is 14.8 Å². The van der Waals surface area contributed by atoms with Crippen molar-refractivity contribution in [3.05, 3.63) is 88.4 Å². The Kier molecular flexibility index (Phi) is 5.76. The molecule has 0 spiro atoms. The minimum Gasteiger partial charge on any atom is -0.478 e. The standard InChI is InChI=1S/C28H27N3O3S/c1-18-29-26-11-10-25(13-27(26)35-18)34-24-8-4-20(5-9-24)15-31-17-22-12-23(31)16-30(22)14-19-2-6-21(7-3-19)28(32)33/h2-11,13,22-23H,12,14-17H2,1H3,(H,32,33)/t22-,23+/m0/s1. The highest BCUT2D eigenvalue weighted by atomic mass is 32.1. The van der Waals surface area contributed by atoms with Crippen molar-refractivity contribution in [2.45, 2.75) is 38.5 Å². The molecule has 4 aromatic rings. The average molecular weight is 486 g/mol. The molecule has 0 radical (unpaired) electrons. The number of thiazole rings is 1. The molecule has 2 aliphatic heterocycles. The number of rotatable bonds is 7. The molecule has 3 heterocycles. The van der Waals surface area contributed by atoms with Gasteiger partial charge in [0.1, 0.15) is 11.5 Å². The summed E-state index contributed by atoms with van der Waals surface area (Å²) in [4.78, 5) is 20.7. The van der Waals surface area contributed by atoms with Crippen LogP contribution >= 0.6 is 11.3 Å². The Bertz CT molecular complexity index is 1370. The van der Waals surface area contributed by atoms with Crippen LogP contribution in [0.1, 0.15) is 32.9 Å². The number of carboxylic acids is 1. The Morgan fingerprint density at radius 2 is 1.54 bits per heavy atom. The van der Waals surface area contributed by atoms with Gasteiger partial charge >= 0.3 is 5.97 Å². The fourth-order valence-electron chi connectivity index (χ4n) is 5.32. The number of carbonyl (C=O) groups is 1. The van der Waals surface area contributed by atoms with Gasteiger partial charge < -0.3 is 9.84 Å². The number of piperazine rings is 1. The highest BCUT2D eigenvalue weighted by molar-refractivity contribution is 7.18. The number of aryl methyl sites for hydroxylation is 1. The van der Waals surface area contributed by atoms with Crippen LogP contribution < -0.4 is 4.74 Å². The maximum absolute atomic E-state index is 11.1. The molecule has 2 saturated heterocycles. The Hall–Kier alpha value is -3.26. The van der Waals surface area contributed by atoms with Crippen molar-refractivity contribution < 1.29 is 14.6 Å². The Morgan fingerprint density at radius 1 is 0.943 bits per heavy atom. The SMILES string of the molecule is Cc1nc2ccc(Oc3ccc(CN4C[C@@H]5C[C@@H]4CN5Cc4ccc(C(=O)O)cc4)cc3)cc2s1. The lowest BCUT2D eigenvalue weighted by molar-refractivity contribution is 0.0697. The van der Waals surface area contributed by atoms with E-state index in [9.17, 15) is 4.79 Å². The predicted molar refractivity (Wildman–Crippen MR) is 137 cm³/mol. The second-order valence-electron chi connectivity index (χ2n) is 9.51. The number of fused-ring (bicyclic) bond motifs is 3. The fraction of sp³-hybridized carbons (Fsp3) is 0.286. The van der Waals surface area contributed by atoms with E-state index in [4.69, 9.17) is 9.84 Å². The van der Waals surface area contributed by atoms with Gasteiger partial charge in [-0.1, -0.05) is 24.3 Å². The van der Waals surface area contributed by atoms with Crippen molar-refractivity contribution in [2.75, 3.05) is 13.1 Å². The summed E-state index contributed by atoms with van der Waals surface area (Å²) in [6.45, 7) is 5.99. The fourth-order valence-corrected chi connectivity index (χ4v) is 6.18. The van der Waals surface area contributed by atoms with Gasteiger partial charge in [-0.25, -0.2) is 9.78 Å². The smallest absolute Gasteiger partial charge is 0.335 e. The molecule has 1 aromatic heterocycles. The van der Waals surface area contributed by atoms with Crippen molar-refractivity contribution in [1.29, 1.82) is 0 Å². The molecule has 0 aliphatic carbocycles. The summed E-state index contributed by atoms with van der Waals surface area (Å²) in [7, 11) is 0. The van der Waals surface area contributed by atoms with Crippen LogP contribution in [0.3, 0.4) is 0 Å². The number of nitrogens with zero attached hydrogens (tertiary/aromatic N) is 3. The van der Waals surface area contributed by atoms with E-state index < -0.39 is 5.97 Å². The summed E-state index contributed by atoms with van der Waals surface area (Å²) in [5, 5.41) is 10.2. The molecule has 2 aliphatic rings. The topological polar surface area (TPSA) is 65.9 Å². The summed E-state index contributed by atoms with van der Waals surface area (Å²) in [6, 6.07) is 22.9. The lowest BCUT2D eigenvalue weighted by Crippen LogP contribution is -2.45. The Morgan fingerprint density at radius 3 is 2.14 bits per heavy atom. The Labute approximate surface area is 208 Å². The first kappa shape index (κ1) is 22.2. The molecule has 35 heavy (non-hydrogen) atoms. The van der Waals surface area contributed by atoms with Gasteiger partial charge in [-0.15, -0.1) is 11.3 Å². The van der Waals surface area contributed by atoms with Crippen LogP contribution in [0.15, 0.2) is 66.7 Å². The number of hydrogen-bond acceptors (Lipinski definition) is 6. The molecule has 0 amide bonds. The van der Waals surface area contributed by atoms with E-state index in [1.807, 2.05) is 31.2 Å². The summed E-state index contributed by atoms with van der Waals surface area (Å²) in [5.74, 6) is 0.806. The molecular formula is C28H27N3O3S. The monoisotopic (exact) mass is 485 g/mol. The van der Waals surface area contributed by atoms with Crippen LogP contribution in [-0.4, -0.2) is 51.0 Å². The van der Waals surface area contributed by atoms with Gasteiger partial charge in [-0.2, -0.15) is 0 Å². The molecule has 178 valence electrons. The van der Waals surface area contributed by atoms with E-state index in [1.54, 1.807) is 23.5 Å². The third-order valence-electron chi connectivity index (χ3n) is 7.07. The van der Waals surface area contributed by atoms with Gasteiger partial charge in [0.2, 0.25) is 0 Å². The second kappa shape index (κ2) is 9.07. The van der Waals surface area contributed by atoms with E-state index in [2.05, 4.69) is 45.1 Å². The van der Waals surface area contributed by atoms with E-state index in [0.717, 1.165) is 52.9 Å². The zero-order chi connectivity index (χ0) is 23.9. The summed E-state index contributed by atoms with van der Waals surface area (Å²) >= 11 is 1.68. The molecule has 6 rings (SSSR count). The maximum atomic E-state index is 11.1. The van der Waals surface area contributed by atoms with Crippen LogP contribution in [-0.2, 0) is 13.1 Å². The van der Waals surface area contributed by atoms with E-state index in [1.165, 1.54) is 17.5 Å². The molecule has 2 bridgehead atoms. The normalized spacial score (nSPS) is 20.0. The summed E-state index contributed by atoms with van der Waals surface area (Å²) < 4.78 is 7.23. The van der Waals surface area contributed by atoms with Crippen molar-refractivity contribution in [3.8, 4) is 11.5 Å². The van der Waals surface area contributed by atoms with Crippen LogP contribution in [0.2, 0.25) is 0 Å². The summed E-state index contributed by atoms with van der Waals surface area (Å²) in [5.41, 5.74) is 3.84. The van der Waals surface area contributed by atoms with Gasteiger partial charge in [0.05, 0.1) is 20.8 Å². The number of ether oxygens (including phenoxy) is 1. The van der Waals surface area contributed by atoms with Crippen LogP contribution in [0.4, 0.5) is 0 Å². The highest BCUT2D eigenvalue weighted by Crippen LogP contribution is 2.34. The molecule has 6 nitrogen and oxygen atoms in total. The van der Waals surface area contributed by atoms with Crippen molar-refractivity contribution in [3.63, 3.8) is 0 Å². The quantitative estimate of drug-likeness (QED) is 0.370. The number of aromatic carboxylic acids is 1. The van der Waals surface area contributed by atoms with E-state index in [-0.39, 0.29) is 0 Å². The third-order valence-corrected chi connectivity index (χ3v) is 8.00. The van der Waals surface area contributed by atoms with Crippen LogP contribution in [0.25, 0.3) is 10.2 Å². The first-order valence-electron chi connectivity index (χ1n) is 11.9. The zero-order valence-electron chi connectivity index (χ0n) is 19.6. The molecule has 3 aromatic carbocycles. The molecule has 0 unspecified atom stereocenters. The molecule has 2 atom stereocenters. The van der Waals surface area contributed by atoms with Gasteiger partial charge in [-0.3, -0.25) is 9.80 Å². The van der Waals surface area contributed by atoms with Crippen molar-refractivity contribution in [2.24, 2.45) is 0 Å². The van der Waals surface area contributed by atoms with E-state index >= 15 is 0 Å². The predicted octanol–water partition coefficient (Wildman–Crippen LogP) is 5.55. The van der Waals surface area contributed by atoms with Gasteiger partial charge in [0.25, 0.3) is 0 Å². The van der Waals surface area contributed by atoms with Crippen molar-refractivity contribution >= 4 is 27.5 Å². The van der Waals surface area contributed by atoms with E-state index in [0.29, 0.717) is 17.6 Å². The molecule has 7 heteroatoms. The highest BCUT2D eigenvalue weighted by Gasteiger charge is 2.42. The largest absolute Gasteiger partial charge is 0.478 e. The zero-order valence-corrected chi connectivity index (χ0v) is 20.4. The number of aromatic nitrogens is 1. The molecular weight excluding hydrogens is 458 g/mol. The second-order valence-corrected chi connectivity index (χ2v) is 10.7. The maximum Gasteiger partial charge on any atom is 0.335 e. The summed E-state index contributed by atoms with van der Waals surface area (Å²) in [6.07, 6.45) is 1.20. The first-order chi connectivity index (χ1) is 17.0. The van der Waals surface area contributed by atoms with Gasteiger partial charge in [0.15, 0.2) is 0 Å². The van der Waals surface area contributed by atoms with Gasteiger partial charge in [-0.05, 0) is 60.9 Å². The first-order valence-corrected chi connectivity index (χ1v) is 12.8. The van der Waals surface area contributed by atoms with Crippen LogP contribution in [0, 0.1) is 6.92 Å². The number of carboxylic acid groups (broad SMARTS) is 1. The number of hydrogen-bond donors (Lipinski definition) is 1. The molecule has 0 saturated carbocycles. The third kappa shape index (κ3) is 4.67. The number of likely N-dealkylation sites (tertiary alicyclic amines) is 2. The molecule has 1 N–H and O–H groups in total. The van der Waals surface area contributed by atoms with Crippen LogP contribution in [0.5, 0.6) is 11.5 Å². The van der Waals surface area contributed by atoms with Gasteiger partial charge in [0, 0.05) is 44.3 Å². The Balaban J connectivity index is 1.03. The number of benzene rings is 3.